The topological polar surface area (TPSA) is 85.9 Å². The van der Waals surface area contributed by atoms with Gasteiger partial charge in [0.2, 0.25) is 5.91 Å². The van der Waals surface area contributed by atoms with Crippen molar-refractivity contribution in [3.63, 3.8) is 0 Å². The minimum atomic E-state index is -0.215. The lowest BCUT2D eigenvalue weighted by Crippen LogP contribution is -2.32. The molecule has 0 unspecified atom stereocenters. The molecule has 0 spiro atoms. The van der Waals surface area contributed by atoms with Crippen molar-refractivity contribution in [1.29, 1.82) is 0 Å². The molecule has 1 fully saturated rings. The van der Waals surface area contributed by atoms with Gasteiger partial charge in [0.1, 0.15) is 13.2 Å². The molecule has 158 valence electrons. The molecule has 2 heterocycles. The first-order valence-electron chi connectivity index (χ1n) is 10.4. The number of rotatable bonds is 7. The molecule has 2 aliphatic heterocycles. The van der Waals surface area contributed by atoms with Crippen LogP contribution in [-0.2, 0) is 16.0 Å². The van der Waals surface area contributed by atoms with Gasteiger partial charge in [0.05, 0.1) is 17.4 Å². The number of ether oxygens (including phenoxy) is 3. The minimum absolute atomic E-state index is 0.0710. The molecule has 2 aromatic rings. The van der Waals surface area contributed by atoms with Crippen molar-refractivity contribution in [2.24, 2.45) is 0 Å². The maximum atomic E-state index is 12.6. The van der Waals surface area contributed by atoms with Crippen molar-refractivity contribution < 1.29 is 23.8 Å². The van der Waals surface area contributed by atoms with Crippen LogP contribution >= 0.6 is 0 Å². The van der Waals surface area contributed by atoms with Crippen LogP contribution in [-0.4, -0.2) is 44.3 Å². The van der Waals surface area contributed by atoms with Crippen LogP contribution in [0.3, 0.4) is 0 Å². The lowest BCUT2D eigenvalue weighted by Gasteiger charge is -2.18. The molecule has 2 N–H and O–H groups in total. The van der Waals surface area contributed by atoms with Gasteiger partial charge in [-0.05, 0) is 49.1 Å². The first-order chi connectivity index (χ1) is 14.7. The summed E-state index contributed by atoms with van der Waals surface area (Å²) in [5.74, 6) is 1.09. The van der Waals surface area contributed by atoms with Gasteiger partial charge >= 0.3 is 0 Å². The van der Waals surface area contributed by atoms with Gasteiger partial charge in [-0.25, -0.2) is 0 Å². The van der Waals surface area contributed by atoms with Gasteiger partial charge in [0.25, 0.3) is 5.91 Å². The zero-order valence-corrected chi connectivity index (χ0v) is 16.8. The summed E-state index contributed by atoms with van der Waals surface area (Å²) in [5, 5.41) is 5.77. The third-order valence-corrected chi connectivity index (χ3v) is 5.21. The Balaban J connectivity index is 1.32. The summed E-state index contributed by atoms with van der Waals surface area (Å²) in [4.78, 5) is 25.1. The summed E-state index contributed by atoms with van der Waals surface area (Å²) >= 11 is 0. The average molecular weight is 410 g/mol. The Morgan fingerprint density at radius 3 is 2.67 bits per heavy atom. The summed E-state index contributed by atoms with van der Waals surface area (Å²) in [7, 11) is 0. The van der Waals surface area contributed by atoms with E-state index in [1.165, 1.54) is 0 Å². The zero-order valence-electron chi connectivity index (χ0n) is 16.8. The highest BCUT2D eigenvalue weighted by Gasteiger charge is 2.18. The van der Waals surface area contributed by atoms with E-state index in [1.54, 1.807) is 24.3 Å². The van der Waals surface area contributed by atoms with Gasteiger partial charge in [-0.2, -0.15) is 0 Å². The average Bonchev–Trinajstić information content (AvgIpc) is 3.30. The van der Waals surface area contributed by atoms with Crippen LogP contribution < -0.4 is 20.1 Å². The minimum Gasteiger partial charge on any atom is -0.486 e. The number of carbonyl (C=O) groups excluding carboxylic acids is 2. The Morgan fingerprint density at radius 2 is 1.83 bits per heavy atom. The van der Waals surface area contributed by atoms with E-state index in [4.69, 9.17) is 14.2 Å². The highest BCUT2D eigenvalue weighted by molar-refractivity contribution is 6.03. The fourth-order valence-corrected chi connectivity index (χ4v) is 3.61. The fraction of sp³-hybridized carbons (Fsp3) is 0.391. The number of carbonyl (C=O) groups is 2. The molecule has 0 radical (unpaired) electrons. The molecule has 0 aromatic heterocycles. The van der Waals surface area contributed by atoms with Crippen LogP contribution in [0.5, 0.6) is 11.5 Å². The van der Waals surface area contributed by atoms with Crippen LogP contribution in [0.1, 0.15) is 35.2 Å². The van der Waals surface area contributed by atoms with E-state index in [-0.39, 0.29) is 17.9 Å². The SMILES string of the molecule is O=C(CCc1ccc2c(c1)OCCO2)Nc1ccccc1C(=O)NC[C@@H]1CCCO1. The van der Waals surface area contributed by atoms with Crippen LogP contribution in [0.15, 0.2) is 42.5 Å². The first kappa shape index (κ1) is 20.2. The van der Waals surface area contributed by atoms with E-state index in [1.807, 2.05) is 18.2 Å². The smallest absolute Gasteiger partial charge is 0.253 e. The highest BCUT2D eigenvalue weighted by Crippen LogP contribution is 2.31. The Morgan fingerprint density at radius 1 is 1.00 bits per heavy atom. The van der Waals surface area contributed by atoms with Crippen LogP contribution in [0, 0.1) is 0 Å². The van der Waals surface area contributed by atoms with Crippen molar-refractivity contribution in [2.75, 3.05) is 31.7 Å². The van der Waals surface area contributed by atoms with Gasteiger partial charge in [0, 0.05) is 19.6 Å². The van der Waals surface area contributed by atoms with Crippen LogP contribution in [0.2, 0.25) is 0 Å². The number of hydrogen-bond acceptors (Lipinski definition) is 5. The maximum Gasteiger partial charge on any atom is 0.253 e. The second kappa shape index (κ2) is 9.63. The standard InChI is InChI=1S/C23H26N2O5/c26-22(10-8-16-7-9-20-21(14-16)30-13-12-29-20)25-19-6-2-1-5-18(19)23(27)24-15-17-4-3-11-28-17/h1-2,5-7,9,14,17H,3-4,8,10-13,15H2,(H,24,27)(H,25,26)/t17-/m0/s1. The number of aryl methyl sites for hydroxylation is 1. The molecule has 4 rings (SSSR count). The molecule has 1 atom stereocenters. The summed E-state index contributed by atoms with van der Waals surface area (Å²) in [6.07, 6.45) is 2.91. The van der Waals surface area contributed by atoms with Crippen molar-refractivity contribution in [3.05, 3.63) is 53.6 Å². The van der Waals surface area contributed by atoms with Crippen LogP contribution in [0.25, 0.3) is 0 Å². The second-order valence-electron chi connectivity index (χ2n) is 7.42. The van der Waals surface area contributed by atoms with E-state index in [2.05, 4.69) is 10.6 Å². The molecule has 2 aliphatic rings. The number of anilines is 1. The van der Waals surface area contributed by atoms with Crippen molar-refractivity contribution in [3.8, 4) is 11.5 Å². The predicted octanol–water partition coefficient (Wildman–Crippen LogP) is 2.94. The highest BCUT2D eigenvalue weighted by atomic mass is 16.6. The molecule has 0 aliphatic carbocycles. The Hall–Kier alpha value is -3.06. The third-order valence-electron chi connectivity index (χ3n) is 5.21. The quantitative estimate of drug-likeness (QED) is 0.733. The number of nitrogens with one attached hydrogen (secondary N) is 2. The lowest BCUT2D eigenvalue weighted by molar-refractivity contribution is -0.116. The van der Waals surface area contributed by atoms with Gasteiger partial charge in [0.15, 0.2) is 11.5 Å². The van der Waals surface area contributed by atoms with Crippen LogP contribution in [0.4, 0.5) is 5.69 Å². The van der Waals surface area contributed by atoms with E-state index in [9.17, 15) is 9.59 Å². The van der Waals surface area contributed by atoms with E-state index in [0.717, 1.165) is 30.8 Å². The van der Waals surface area contributed by atoms with Crippen molar-refractivity contribution in [1.82, 2.24) is 5.32 Å². The molecule has 7 nitrogen and oxygen atoms in total. The molecule has 2 aromatic carbocycles. The van der Waals surface area contributed by atoms with Gasteiger partial charge in [-0.15, -0.1) is 0 Å². The molecule has 2 amide bonds. The summed E-state index contributed by atoms with van der Waals surface area (Å²) in [6, 6.07) is 12.8. The Labute approximate surface area is 175 Å². The van der Waals surface area contributed by atoms with Gasteiger partial charge in [-0.1, -0.05) is 18.2 Å². The number of para-hydroxylation sites is 1. The molecule has 0 saturated carbocycles. The first-order valence-corrected chi connectivity index (χ1v) is 10.4. The summed E-state index contributed by atoms with van der Waals surface area (Å²) in [6.45, 7) is 2.31. The van der Waals surface area contributed by atoms with Crippen molar-refractivity contribution >= 4 is 17.5 Å². The molecule has 30 heavy (non-hydrogen) atoms. The molecule has 1 saturated heterocycles. The molecular weight excluding hydrogens is 384 g/mol. The second-order valence-corrected chi connectivity index (χ2v) is 7.42. The monoisotopic (exact) mass is 410 g/mol. The fourth-order valence-electron chi connectivity index (χ4n) is 3.61. The molecule has 7 heteroatoms. The zero-order chi connectivity index (χ0) is 20.8. The predicted molar refractivity (Wildman–Crippen MR) is 112 cm³/mol. The van der Waals surface area contributed by atoms with Crippen molar-refractivity contribution in [2.45, 2.75) is 31.8 Å². The largest absolute Gasteiger partial charge is 0.486 e. The lowest BCUT2D eigenvalue weighted by atomic mass is 10.1. The Bertz CT molecular complexity index is 908. The van der Waals surface area contributed by atoms with E-state index in [0.29, 0.717) is 49.6 Å². The van der Waals surface area contributed by atoms with E-state index < -0.39 is 0 Å². The summed E-state index contributed by atoms with van der Waals surface area (Å²) < 4.78 is 16.7. The van der Waals surface area contributed by atoms with E-state index >= 15 is 0 Å². The number of hydrogen-bond donors (Lipinski definition) is 2. The Kier molecular flexibility index (Phi) is 6.49. The number of benzene rings is 2. The molecular formula is C23H26N2O5. The molecule has 0 bridgehead atoms. The summed E-state index contributed by atoms with van der Waals surface area (Å²) in [5.41, 5.74) is 1.95. The number of amides is 2. The van der Waals surface area contributed by atoms with Gasteiger partial charge < -0.3 is 24.8 Å². The number of fused-ring (bicyclic) bond motifs is 1. The van der Waals surface area contributed by atoms with Gasteiger partial charge in [-0.3, -0.25) is 9.59 Å². The maximum absolute atomic E-state index is 12.6. The third kappa shape index (κ3) is 5.10. The normalized spacial score (nSPS) is 17.4.